The van der Waals surface area contributed by atoms with E-state index in [4.69, 9.17) is 23.8 Å². The summed E-state index contributed by atoms with van der Waals surface area (Å²) in [5.41, 5.74) is 1.53. The highest BCUT2D eigenvalue weighted by molar-refractivity contribution is 7.80. The van der Waals surface area contributed by atoms with Crippen molar-refractivity contribution in [3.8, 4) is 0 Å². The Hall–Kier alpha value is -2.22. The Bertz CT molecular complexity index is 787. The molecule has 1 N–H and O–H groups in total. The molecule has 0 aliphatic rings. The number of nitro groups is 1. The molecule has 0 fully saturated rings. The van der Waals surface area contributed by atoms with Crippen molar-refractivity contribution in [2.75, 3.05) is 32.5 Å². The van der Waals surface area contributed by atoms with Crippen molar-refractivity contribution in [1.29, 1.82) is 0 Å². The molecule has 0 spiro atoms. The predicted octanol–water partition coefficient (Wildman–Crippen LogP) is 4.40. The third-order valence-corrected chi connectivity index (χ3v) is 4.63. The number of hydrogen-bond acceptors (Lipinski definition) is 4. The molecule has 144 valence electrons. The summed E-state index contributed by atoms with van der Waals surface area (Å²) in [4.78, 5) is 14.7. The lowest BCUT2D eigenvalue weighted by Crippen LogP contribution is -2.36. The number of nitrogens with zero attached hydrogens (tertiary/aromatic N) is 3. The van der Waals surface area contributed by atoms with Gasteiger partial charge in [0.25, 0.3) is 5.69 Å². The highest BCUT2D eigenvalue weighted by Gasteiger charge is 2.15. The molecule has 27 heavy (non-hydrogen) atoms. The number of thiocarbonyl (C=S) groups is 1. The van der Waals surface area contributed by atoms with Gasteiger partial charge in [-0.05, 0) is 50.9 Å². The molecule has 2 rings (SSSR count). The lowest BCUT2D eigenvalue weighted by atomic mass is 10.2. The Labute approximate surface area is 169 Å². The van der Waals surface area contributed by atoms with E-state index in [1.807, 2.05) is 49.3 Å². The van der Waals surface area contributed by atoms with Gasteiger partial charge in [0.15, 0.2) is 5.11 Å². The van der Waals surface area contributed by atoms with Gasteiger partial charge in [-0.25, -0.2) is 0 Å². The standard InChI is InChI=1S/C19H23ClN4O2S/c1-22(2)11-6-12-23(14-15-7-4-3-5-8-15)19(27)21-18-13-16(24(25)26)9-10-17(18)20/h3-5,7-10,13H,6,11-12,14H2,1-2H3,(H,21,27). The van der Waals surface area contributed by atoms with E-state index in [0.29, 0.717) is 22.4 Å². The molecule has 0 saturated heterocycles. The van der Waals surface area contributed by atoms with Crippen molar-refractivity contribution < 1.29 is 4.92 Å². The van der Waals surface area contributed by atoms with Crippen LogP contribution in [-0.2, 0) is 6.54 Å². The van der Waals surface area contributed by atoms with Crippen LogP contribution in [0.2, 0.25) is 5.02 Å². The lowest BCUT2D eigenvalue weighted by Gasteiger charge is -2.27. The Morgan fingerprint density at radius 2 is 1.89 bits per heavy atom. The summed E-state index contributed by atoms with van der Waals surface area (Å²) in [6, 6.07) is 14.3. The third kappa shape index (κ3) is 6.78. The number of non-ortho nitro benzene ring substituents is 1. The third-order valence-electron chi connectivity index (χ3n) is 3.94. The zero-order chi connectivity index (χ0) is 19.8. The second-order valence-corrected chi connectivity index (χ2v) is 7.21. The molecule has 6 nitrogen and oxygen atoms in total. The van der Waals surface area contributed by atoms with Gasteiger partial charge in [-0.2, -0.15) is 0 Å². The average molecular weight is 407 g/mol. The van der Waals surface area contributed by atoms with Crippen molar-refractivity contribution in [3.63, 3.8) is 0 Å². The van der Waals surface area contributed by atoms with E-state index in [-0.39, 0.29) is 5.69 Å². The maximum absolute atomic E-state index is 11.0. The van der Waals surface area contributed by atoms with Crippen LogP contribution < -0.4 is 5.32 Å². The van der Waals surface area contributed by atoms with Gasteiger partial charge >= 0.3 is 0 Å². The molecule has 8 heteroatoms. The first-order valence-corrected chi connectivity index (χ1v) is 9.34. The fraction of sp³-hybridized carbons (Fsp3) is 0.316. The summed E-state index contributed by atoms with van der Waals surface area (Å²) in [6.45, 7) is 2.34. The highest BCUT2D eigenvalue weighted by atomic mass is 35.5. The van der Waals surface area contributed by atoms with Crippen molar-refractivity contribution in [2.45, 2.75) is 13.0 Å². The molecular formula is C19H23ClN4O2S. The first-order chi connectivity index (χ1) is 12.9. The fourth-order valence-electron chi connectivity index (χ4n) is 2.55. The molecule has 0 amide bonds. The number of hydrogen-bond donors (Lipinski definition) is 1. The smallest absolute Gasteiger partial charge is 0.271 e. The second-order valence-electron chi connectivity index (χ2n) is 6.42. The van der Waals surface area contributed by atoms with E-state index in [0.717, 1.165) is 25.1 Å². The molecule has 2 aromatic rings. The molecule has 0 atom stereocenters. The Balaban J connectivity index is 2.14. The van der Waals surface area contributed by atoms with Crippen molar-refractivity contribution >= 4 is 40.3 Å². The van der Waals surface area contributed by atoms with Gasteiger partial charge < -0.3 is 15.1 Å². The van der Waals surface area contributed by atoms with Gasteiger partial charge in [-0.3, -0.25) is 10.1 Å². The molecule has 0 heterocycles. The number of halogens is 1. The van der Waals surface area contributed by atoms with E-state index in [1.165, 1.54) is 18.2 Å². The Kier molecular flexibility index (Phi) is 7.97. The fourth-order valence-corrected chi connectivity index (χ4v) is 2.98. The number of rotatable bonds is 8. The number of nitro benzene ring substituents is 1. The second kappa shape index (κ2) is 10.2. The minimum absolute atomic E-state index is 0.0353. The van der Waals surface area contributed by atoms with Crippen LogP contribution in [0.3, 0.4) is 0 Å². The van der Waals surface area contributed by atoms with Crippen LogP contribution in [-0.4, -0.2) is 47.0 Å². The summed E-state index contributed by atoms with van der Waals surface area (Å²) in [5, 5.41) is 15.0. The van der Waals surface area contributed by atoms with Crippen LogP contribution in [0.1, 0.15) is 12.0 Å². The SMILES string of the molecule is CN(C)CCCN(Cc1ccccc1)C(=S)Nc1cc([N+](=O)[O-])ccc1Cl. The van der Waals surface area contributed by atoms with Gasteiger partial charge in [0.1, 0.15) is 0 Å². The normalized spacial score (nSPS) is 10.7. The Morgan fingerprint density at radius 3 is 2.52 bits per heavy atom. The van der Waals surface area contributed by atoms with Gasteiger partial charge in [-0.1, -0.05) is 41.9 Å². The molecule has 0 radical (unpaired) electrons. The monoisotopic (exact) mass is 406 g/mol. The summed E-state index contributed by atoms with van der Waals surface area (Å²) in [6.07, 6.45) is 0.935. The minimum atomic E-state index is -0.455. The van der Waals surface area contributed by atoms with Gasteiger partial charge in [0, 0.05) is 25.2 Å². The molecule has 0 aliphatic heterocycles. The van der Waals surface area contributed by atoms with E-state index in [2.05, 4.69) is 10.2 Å². The zero-order valence-corrected chi connectivity index (χ0v) is 17.0. The Morgan fingerprint density at radius 1 is 1.19 bits per heavy atom. The summed E-state index contributed by atoms with van der Waals surface area (Å²) in [7, 11) is 4.06. The van der Waals surface area contributed by atoms with E-state index >= 15 is 0 Å². The molecule has 0 aliphatic carbocycles. The van der Waals surface area contributed by atoms with Crippen LogP contribution in [0.25, 0.3) is 0 Å². The van der Waals surface area contributed by atoms with E-state index in [9.17, 15) is 10.1 Å². The lowest BCUT2D eigenvalue weighted by molar-refractivity contribution is -0.384. The maximum atomic E-state index is 11.0. The van der Waals surface area contributed by atoms with E-state index in [1.54, 1.807) is 0 Å². The first kappa shape index (κ1) is 21.1. The zero-order valence-electron chi connectivity index (χ0n) is 15.4. The van der Waals surface area contributed by atoms with Crippen molar-refractivity contribution in [2.24, 2.45) is 0 Å². The number of nitrogens with one attached hydrogen (secondary N) is 1. The summed E-state index contributed by atoms with van der Waals surface area (Å²) in [5.74, 6) is 0. The van der Waals surface area contributed by atoms with Gasteiger partial charge in [0.05, 0.1) is 15.6 Å². The maximum Gasteiger partial charge on any atom is 0.271 e. The molecule has 0 aromatic heterocycles. The van der Waals surface area contributed by atoms with Crippen LogP contribution in [0.5, 0.6) is 0 Å². The number of benzene rings is 2. The average Bonchev–Trinajstić information content (AvgIpc) is 2.63. The molecule has 0 saturated carbocycles. The molecule has 0 bridgehead atoms. The van der Waals surface area contributed by atoms with Crippen LogP contribution in [0, 0.1) is 10.1 Å². The van der Waals surface area contributed by atoms with Gasteiger partial charge in [-0.15, -0.1) is 0 Å². The van der Waals surface area contributed by atoms with E-state index < -0.39 is 4.92 Å². The summed E-state index contributed by atoms with van der Waals surface area (Å²) < 4.78 is 0. The largest absolute Gasteiger partial charge is 0.345 e. The summed E-state index contributed by atoms with van der Waals surface area (Å²) >= 11 is 11.8. The molecule has 0 unspecified atom stereocenters. The predicted molar refractivity (Wildman–Crippen MR) is 114 cm³/mol. The van der Waals surface area contributed by atoms with Crippen molar-refractivity contribution in [3.05, 3.63) is 69.2 Å². The van der Waals surface area contributed by atoms with Crippen LogP contribution in [0.4, 0.5) is 11.4 Å². The number of anilines is 1. The first-order valence-electron chi connectivity index (χ1n) is 8.55. The van der Waals surface area contributed by atoms with Crippen LogP contribution >= 0.6 is 23.8 Å². The molecular weight excluding hydrogens is 384 g/mol. The quantitative estimate of drug-likeness (QED) is 0.398. The van der Waals surface area contributed by atoms with Gasteiger partial charge in [0.2, 0.25) is 0 Å². The highest BCUT2D eigenvalue weighted by Crippen LogP contribution is 2.27. The topological polar surface area (TPSA) is 61.6 Å². The van der Waals surface area contributed by atoms with Crippen LogP contribution in [0.15, 0.2) is 48.5 Å². The molecule has 2 aromatic carbocycles. The van der Waals surface area contributed by atoms with Crippen molar-refractivity contribution in [1.82, 2.24) is 9.80 Å². The minimum Gasteiger partial charge on any atom is -0.345 e.